The zero-order chi connectivity index (χ0) is 19.1. The third kappa shape index (κ3) is 3.30. The van der Waals surface area contributed by atoms with Gasteiger partial charge in [0.05, 0.1) is 23.6 Å². The summed E-state index contributed by atoms with van der Waals surface area (Å²) in [6.45, 7) is 2.16. The molecule has 7 heteroatoms. The van der Waals surface area contributed by atoms with E-state index in [2.05, 4.69) is 4.98 Å². The van der Waals surface area contributed by atoms with Crippen LogP contribution >= 0.6 is 11.3 Å². The van der Waals surface area contributed by atoms with Crippen molar-refractivity contribution in [2.24, 2.45) is 5.92 Å². The molecule has 1 aliphatic rings. The normalized spacial score (nSPS) is 16.6. The van der Waals surface area contributed by atoms with Gasteiger partial charge in [-0.05, 0) is 37.1 Å². The van der Waals surface area contributed by atoms with Crippen molar-refractivity contribution in [3.8, 4) is 0 Å². The van der Waals surface area contributed by atoms with Gasteiger partial charge in [-0.3, -0.25) is 9.59 Å². The van der Waals surface area contributed by atoms with Crippen LogP contribution in [0.25, 0.3) is 10.2 Å². The summed E-state index contributed by atoms with van der Waals surface area (Å²) in [5.74, 6) is -2.22. The number of carbonyl (C=O) groups excluding carboxylic acids is 1. The predicted octanol–water partition coefficient (Wildman–Crippen LogP) is 3.92. The van der Waals surface area contributed by atoms with Crippen molar-refractivity contribution < 1.29 is 19.1 Å². The van der Waals surface area contributed by atoms with E-state index >= 15 is 0 Å². The van der Waals surface area contributed by atoms with Crippen molar-refractivity contribution in [2.75, 3.05) is 4.90 Å². The molecule has 2 heterocycles. The highest BCUT2D eigenvalue weighted by molar-refractivity contribution is 7.18. The van der Waals surface area contributed by atoms with Gasteiger partial charge in [-0.15, -0.1) is 11.3 Å². The van der Waals surface area contributed by atoms with Crippen LogP contribution in [0.1, 0.15) is 22.6 Å². The minimum atomic E-state index is -0.994. The number of para-hydroxylation sites is 1. The first-order chi connectivity index (χ1) is 12.9. The molecule has 0 saturated heterocycles. The lowest BCUT2D eigenvalue weighted by Gasteiger charge is -2.33. The highest BCUT2D eigenvalue weighted by Gasteiger charge is 2.34. The van der Waals surface area contributed by atoms with E-state index in [0.29, 0.717) is 16.9 Å². The summed E-state index contributed by atoms with van der Waals surface area (Å²) in [7, 11) is 0. The Hall–Kier alpha value is -2.80. The Morgan fingerprint density at radius 3 is 2.93 bits per heavy atom. The number of carbonyl (C=O) groups is 2. The minimum absolute atomic E-state index is 0.198. The van der Waals surface area contributed by atoms with Crippen LogP contribution in [0.3, 0.4) is 0 Å². The molecule has 138 valence electrons. The van der Waals surface area contributed by atoms with E-state index in [4.69, 9.17) is 5.11 Å². The number of carboxylic acids is 1. The number of halogens is 1. The second-order valence-corrected chi connectivity index (χ2v) is 7.86. The number of benzene rings is 2. The number of amides is 1. The average Bonchev–Trinajstić information content (AvgIpc) is 3.02. The summed E-state index contributed by atoms with van der Waals surface area (Å²) in [6.07, 6.45) is 0.199. The number of hydrogen-bond acceptors (Lipinski definition) is 4. The molecule has 1 aromatic heterocycles. The van der Waals surface area contributed by atoms with Crippen LogP contribution in [0.2, 0.25) is 0 Å². The van der Waals surface area contributed by atoms with Gasteiger partial charge in [-0.1, -0.05) is 23.8 Å². The Bertz CT molecular complexity index is 1060. The Morgan fingerprint density at radius 2 is 2.19 bits per heavy atom. The Morgan fingerprint density at radius 1 is 1.37 bits per heavy atom. The third-order valence-electron chi connectivity index (χ3n) is 4.74. The van der Waals surface area contributed by atoms with Crippen molar-refractivity contribution in [1.29, 1.82) is 0 Å². The second-order valence-electron chi connectivity index (χ2n) is 6.75. The largest absolute Gasteiger partial charge is 0.481 e. The summed E-state index contributed by atoms with van der Waals surface area (Å²) in [5.41, 5.74) is 3.08. The van der Waals surface area contributed by atoms with Crippen LogP contribution in [0.5, 0.6) is 0 Å². The smallest absolute Gasteiger partial charge is 0.304 e. The van der Waals surface area contributed by atoms with Gasteiger partial charge in [0.1, 0.15) is 16.3 Å². The van der Waals surface area contributed by atoms with E-state index in [1.165, 1.54) is 17.4 Å². The highest BCUT2D eigenvalue weighted by Crippen LogP contribution is 2.35. The maximum atomic E-state index is 13.9. The number of aryl methyl sites for hydroxylation is 1. The molecule has 1 amide bonds. The Kier molecular flexibility index (Phi) is 4.39. The molecule has 2 aromatic carbocycles. The number of thiazole rings is 1. The van der Waals surface area contributed by atoms with Gasteiger partial charge >= 0.3 is 5.97 Å². The van der Waals surface area contributed by atoms with Crippen molar-refractivity contribution in [3.05, 3.63) is 58.3 Å². The average molecular weight is 384 g/mol. The molecule has 0 aliphatic carbocycles. The van der Waals surface area contributed by atoms with E-state index in [9.17, 15) is 14.0 Å². The third-order valence-corrected chi connectivity index (χ3v) is 5.74. The van der Waals surface area contributed by atoms with Gasteiger partial charge in [0.2, 0.25) is 5.91 Å². The van der Waals surface area contributed by atoms with Crippen molar-refractivity contribution >= 4 is 39.1 Å². The molecular weight excluding hydrogens is 367 g/mol. The fourth-order valence-electron chi connectivity index (χ4n) is 3.53. The lowest BCUT2D eigenvalue weighted by atomic mass is 9.88. The number of rotatable bonds is 4. The van der Waals surface area contributed by atoms with E-state index in [-0.39, 0.29) is 24.7 Å². The number of nitrogens with zero attached hydrogens (tertiary/aromatic N) is 2. The number of carboxylic acid groups (broad SMARTS) is 1. The monoisotopic (exact) mass is 384 g/mol. The molecular formula is C20H17FN2O3S. The molecule has 5 nitrogen and oxygen atoms in total. The summed E-state index contributed by atoms with van der Waals surface area (Å²) >= 11 is 1.34. The second kappa shape index (κ2) is 6.74. The highest BCUT2D eigenvalue weighted by atomic mass is 32.1. The molecule has 1 aliphatic heterocycles. The van der Waals surface area contributed by atoms with Crippen molar-refractivity contribution in [1.82, 2.24) is 4.98 Å². The van der Waals surface area contributed by atoms with Crippen LogP contribution in [-0.2, 0) is 22.6 Å². The minimum Gasteiger partial charge on any atom is -0.481 e. The molecule has 1 atom stereocenters. The van der Waals surface area contributed by atoms with Crippen LogP contribution in [0.15, 0.2) is 36.4 Å². The first-order valence-corrected chi connectivity index (χ1v) is 9.40. The van der Waals surface area contributed by atoms with Gasteiger partial charge in [0.15, 0.2) is 0 Å². The standard InChI is InChI=1S/C20H17FN2O3S/c1-11-5-6-15-12(7-11)8-13(9-18(24)25)20(26)23(15)10-17-22-19-14(21)3-2-4-16(19)27-17/h2-7,13H,8-10H2,1H3,(H,24,25). The fourth-order valence-corrected chi connectivity index (χ4v) is 4.50. The number of hydrogen-bond donors (Lipinski definition) is 1. The molecule has 0 saturated carbocycles. The summed E-state index contributed by atoms with van der Waals surface area (Å²) in [4.78, 5) is 30.1. The molecule has 1 N–H and O–H groups in total. The number of anilines is 1. The van der Waals surface area contributed by atoms with E-state index in [1.54, 1.807) is 17.0 Å². The van der Waals surface area contributed by atoms with Gasteiger partial charge in [-0.2, -0.15) is 0 Å². The van der Waals surface area contributed by atoms with E-state index < -0.39 is 11.9 Å². The Balaban J connectivity index is 1.73. The van der Waals surface area contributed by atoms with Gasteiger partial charge in [-0.25, -0.2) is 9.37 Å². The lowest BCUT2D eigenvalue weighted by Crippen LogP contribution is -2.41. The first-order valence-electron chi connectivity index (χ1n) is 8.59. The summed E-state index contributed by atoms with van der Waals surface area (Å²) in [5, 5.41) is 9.78. The number of aromatic nitrogens is 1. The maximum absolute atomic E-state index is 13.9. The molecule has 0 fully saturated rings. The molecule has 4 rings (SSSR count). The van der Waals surface area contributed by atoms with Crippen LogP contribution in [0.4, 0.5) is 10.1 Å². The zero-order valence-electron chi connectivity index (χ0n) is 14.6. The SMILES string of the molecule is Cc1ccc2c(c1)CC(CC(=O)O)C(=O)N2Cc1nc2c(F)cccc2s1. The van der Waals surface area contributed by atoms with E-state index in [0.717, 1.165) is 21.5 Å². The number of fused-ring (bicyclic) bond motifs is 2. The molecule has 0 spiro atoms. The predicted molar refractivity (Wildman–Crippen MR) is 101 cm³/mol. The summed E-state index contributed by atoms with van der Waals surface area (Å²) in [6, 6.07) is 10.6. The van der Waals surface area contributed by atoms with Crippen LogP contribution in [-0.4, -0.2) is 22.0 Å². The van der Waals surface area contributed by atoms with Gasteiger partial charge in [0.25, 0.3) is 0 Å². The zero-order valence-corrected chi connectivity index (χ0v) is 15.4. The topological polar surface area (TPSA) is 70.5 Å². The van der Waals surface area contributed by atoms with E-state index in [1.807, 2.05) is 25.1 Å². The van der Waals surface area contributed by atoms with Gasteiger partial charge in [0, 0.05) is 5.69 Å². The fraction of sp³-hybridized carbons (Fsp3) is 0.250. The lowest BCUT2D eigenvalue weighted by molar-refractivity contribution is -0.140. The Labute approximate surface area is 159 Å². The first kappa shape index (κ1) is 17.6. The number of aliphatic carboxylic acids is 1. The van der Waals surface area contributed by atoms with Crippen molar-refractivity contribution in [2.45, 2.75) is 26.3 Å². The molecule has 3 aromatic rings. The maximum Gasteiger partial charge on any atom is 0.304 e. The van der Waals surface area contributed by atoms with Gasteiger partial charge < -0.3 is 10.0 Å². The molecule has 1 unspecified atom stereocenters. The van der Waals surface area contributed by atoms with Crippen molar-refractivity contribution in [3.63, 3.8) is 0 Å². The molecule has 27 heavy (non-hydrogen) atoms. The van der Waals surface area contributed by atoms with Crippen LogP contribution in [0, 0.1) is 18.7 Å². The molecule has 0 bridgehead atoms. The van der Waals surface area contributed by atoms with Crippen LogP contribution < -0.4 is 4.90 Å². The summed E-state index contributed by atoms with van der Waals surface area (Å²) < 4.78 is 14.7. The quantitative estimate of drug-likeness (QED) is 0.740. The molecule has 0 radical (unpaired) electrons.